The monoisotopic (exact) mass is 493 g/mol. The van der Waals surface area contributed by atoms with Crippen molar-refractivity contribution in [2.75, 3.05) is 32.2 Å². The smallest absolute Gasteiger partial charge is 0.257 e. The van der Waals surface area contributed by atoms with Crippen LogP contribution >= 0.6 is 28.1 Å². The summed E-state index contributed by atoms with van der Waals surface area (Å²) in [5.41, 5.74) is 1.34. The highest BCUT2D eigenvalue weighted by Crippen LogP contribution is 2.26. The maximum atomic E-state index is 12.5. The van der Waals surface area contributed by atoms with E-state index in [-0.39, 0.29) is 16.9 Å². The number of hydrogen-bond acceptors (Lipinski definition) is 5. The molecule has 0 radical (unpaired) electrons. The fraction of sp³-hybridized carbons (Fsp3) is 0.286. The van der Waals surface area contributed by atoms with Gasteiger partial charge < -0.3 is 20.1 Å². The van der Waals surface area contributed by atoms with Gasteiger partial charge in [0.25, 0.3) is 11.8 Å². The summed E-state index contributed by atoms with van der Waals surface area (Å²) in [6.07, 6.45) is 0.712. The van der Waals surface area contributed by atoms with Crippen LogP contribution in [0.5, 0.6) is 5.75 Å². The number of ether oxygens (including phenoxy) is 2. The van der Waals surface area contributed by atoms with Crippen molar-refractivity contribution in [3.63, 3.8) is 0 Å². The maximum absolute atomic E-state index is 12.5. The molecule has 0 heterocycles. The number of hydrogen-bond donors (Lipinski definition) is 3. The van der Waals surface area contributed by atoms with E-state index in [1.807, 2.05) is 6.92 Å². The molecule has 0 atom stereocenters. The zero-order chi connectivity index (χ0) is 21.9. The second-order valence-electron chi connectivity index (χ2n) is 6.13. The van der Waals surface area contributed by atoms with Crippen LogP contribution in [0.2, 0.25) is 0 Å². The predicted molar refractivity (Wildman–Crippen MR) is 124 cm³/mol. The summed E-state index contributed by atoms with van der Waals surface area (Å²) in [7, 11) is 1.61. The van der Waals surface area contributed by atoms with Crippen molar-refractivity contribution in [2.45, 2.75) is 13.3 Å². The first kappa shape index (κ1) is 23.8. The van der Waals surface area contributed by atoms with Gasteiger partial charge >= 0.3 is 0 Å². The van der Waals surface area contributed by atoms with Crippen molar-refractivity contribution in [3.05, 3.63) is 58.1 Å². The first-order valence-electron chi connectivity index (χ1n) is 9.37. The number of methoxy groups -OCH3 is 1. The van der Waals surface area contributed by atoms with E-state index in [0.29, 0.717) is 53.2 Å². The summed E-state index contributed by atoms with van der Waals surface area (Å²) in [6.45, 7) is 3.47. The number of anilines is 1. The van der Waals surface area contributed by atoms with E-state index in [4.69, 9.17) is 21.7 Å². The Balaban J connectivity index is 2.00. The van der Waals surface area contributed by atoms with E-state index in [9.17, 15) is 9.59 Å². The fourth-order valence-corrected chi connectivity index (χ4v) is 3.24. The Labute approximate surface area is 189 Å². The Kier molecular flexibility index (Phi) is 9.72. The molecule has 3 N–H and O–H groups in total. The summed E-state index contributed by atoms with van der Waals surface area (Å²) >= 11 is 8.64. The Morgan fingerprint density at radius 2 is 1.90 bits per heavy atom. The zero-order valence-corrected chi connectivity index (χ0v) is 19.2. The highest BCUT2D eigenvalue weighted by atomic mass is 79.9. The van der Waals surface area contributed by atoms with E-state index in [2.05, 4.69) is 31.9 Å². The number of halogens is 1. The minimum Gasteiger partial charge on any atom is -0.493 e. The van der Waals surface area contributed by atoms with Gasteiger partial charge in [0.15, 0.2) is 5.11 Å². The molecule has 0 aliphatic rings. The van der Waals surface area contributed by atoms with Gasteiger partial charge in [-0.15, -0.1) is 0 Å². The third-order valence-corrected chi connectivity index (χ3v) is 4.78. The molecule has 0 saturated heterocycles. The summed E-state index contributed by atoms with van der Waals surface area (Å²) < 4.78 is 11.1. The van der Waals surface area contributed by atoms with Crippen LogP contribution in [0.25, 0.3) is 0 Å². The number of carbonyl (C=O) groups is 2. The number of thiocarbonyl (C=S) groups is 1. The fourth-order valence-electron chi connectivity index (χ4n) is 2.55. The van der Waals surface area contributed by atoms with Crippen LogP contribution < -0.4 is 20.7 Å². The van der Waals surface area contributed by atoms with Crippen LogP contribution in [-0.2, 0) is 4.74 Å². The molecule has 0 fully saturated rings. The maximum Gasteiger partial charge on any atom is 0.257 e. The van der Waals surface area contributed by atoms with Gasteiger partial charge in [-0.2, -0.15) is 0 Å². The van der Waals surface area contributed by atoms with E-state index >= 15 is 0 Å². The van der Waals surface area contributed by atoms with Crippen molar-refractivity contribution in [1.82, 2.24) is 10.6 Å². The van der Waals surface area contributed by atoms with Crippen LogP contribution in [-0.4, -0.2) is 43.8 Å². The van der Waals surface area contributed by atoms with Crippen molar-refractivity contribution in [2.24, 2.45) is 0 Å². The molecular formula is C21H24BrN3O4S. The average Bonchev–Trinajstić information content (AvgIpc) is 2.73. The van der Waals surface area contributed by atoms with Gasteiger partial charge in [0.2, 0.25) is 0 Å². The quantitative estimate of drug-likeness (QED) is 0.364. The van der Waals surface area contributed by atoms with Gasteiger partial charge in [-0.25, -0.2) is 0 Å². The minimum absolute atomic E-state index is 0.0876. The molecule has 0 aliphatic carbocycles. The first-order valence-corrected chi connectivity index (χ1v) is 10.6. The topological polar surface area (TPSA) is 88.7 Å². The molecule has 0 saturated carbocycles. The molecule has 7 nitrogen and oxygen atoms in total. The zero-order valence-electron chi connectivity index (χ0n) is 16.8. The predicted octanol–water partition coefficient (Wildman–Crippen LogP) is 3.74. The van der Waals surface area contributed by atoms with Gasteiger partial charge in [0, 0.05) is 25.8 Å². The lowest BCUT2D eigenvalue weighted by Gasteiger charge is -2.14. The SMILES string of the molecule is CCOc1ccc(C(=O)NC(=S)Nc2ccccc2C(=O)NCCCOC)cc1Br. The molecule has 2 aromatic carbocycles. The van der Waals surface area contributed by atoms with Gasteiger partial charge in [-0.3, -0.25) is 14.9 Å². The molecule has 0 bridgehead atoms. The van der Waals surface area contributed by atoms with Crippen LogP contribution in [0, 0.1) is 0 Å². The van der Waals surface area contributed by atoms with E-state index < -0.39 is 0 Å². The molecule has 30 heavy (non-hydrogen) atoms. The Morgan fingerprint density at radius 3 is 2.60 bits per heavy atom. The van der Waals surface area contributed by atoms with Crippen molar-refractivity contribution in [1.29, 1.82) is 0 Å². The number of carbonyl (C=O) groups excluding carboxylic acids is 2. The molecular weight excluding hydrogens is 470 g/mol. The second-order valence-corrected chi connectivity index (χ2v) is 7.40. The van der Waals surface area contributed by atoms with Crippen LogP contribution in [0.4, 0.5) is 5.69 Å². The van der Waals surface area contributed by atoms with E-state index in [1.54, 1.807) is 49.6 Å². The minimum atomic E-state index is -0.377. The molecule has 2 amide bonds. The normalized spacial score (nSPS) is 10.2. The number of rotatable bonds is 9. The highest BCUT2D eigenvalue weighted by molar-refractivity contribution is 9.10. The molecule has 2 rings (SSSR count). The summed E-state index contributed by atoms with van der Waals surface area (Å²) in [5, 5.41) is 8.46. The first-order chi connectivity index (χ1) is 14.5. The van der Waals surface area contributed by atoms with Crippen molar-refractivity contribution in [3.8, 4) is 5.75 Å². The van der Waals surface area contributed by atoms with E-state index in [1.165, 1.54) is 0 Å². The number of para-hydroxylation sites is 1. The van der Waals surface area contributed by atoms with Gasteiger partial charge in [-0.1, -0.05) is 12.1 Å². The Hall–Kier alpha value is -2.49. The van der Waals surface area contributed by atoms with Crippen molar-refractivity contribution < 1.29 is 19.1 Å². The molecule has 9 heteroatoms. The third kappa shape index (κ3) is 7.08. The molecule has 0 unspecified atom stereocenters. The highest BCUT2D eigenvalue weighted by Gasteiger charge is 2.14. The van der Waals surface area contributed by atoms with Crippen LogP contribution in [0.15, 0.2) is 46.9 Å². The average molecular weight is 494 g/mol. The molecule has 0 aliphatic heterocycles. The number of nitrogens with one attached hydrogen (secondary N) is 3. The van der Waals surface area contributed by atoms with Crippen LogP contribution in [0.1, 0.15) is 34.1 Å². The standard InChI is InChI=1S/C21H24BrN3O4S/c1-3-29-18-10-9-14(13-16(18)22)19(26)25-21(30)24-17-8-5-4-7-15(17)20(27)23-11-6-12-28-2/h4-5,7-10,13H,3,6,11-12H2,1-2H3,(H,23,27)(H2,24,25,26,30). The van der Waals surface area contributed by atoms with Crippen LogP contribution in [0.3, 0.4) is 0 Å². The van der Waals surface area contributed by atoms with Crippen molar-refractivity contribution >= 4 is 50.8 Å². The summed E-state index contributed by atoms with van der Waals surface area (Å²) in [6, 6.07) is 12.0. The second kappa shape index (κ2) is 12.3. The molecule has 160 valence electrons. The Morgan fingerprint density at radius 1 is 1.13 bits per heavy atom. The molecule has 0 spiro atoms. The lowest BCUT2D eigenvalue weighted by Crippen LogP contribution is -2.35. The van der Waals surface area contributed by atoms with E-state index in [0.717, 1.165) is 0 Å². The Bertz CT molecular complexity index is 908. The lowest BCUT2D eigenvalue weighted by atomic mass is 10.1. The number of amides is 2. The summed E-state index contributed by atoms with van der Waals surface area (Å²) in [5.74, 6) is 0.0386. The largest absolute Gasteiger partial charge is 0.493 e. The van der Waals surface area contributed by atoms with Gasteiger partial charge in [-0.05, 0) is 71.8 Å². The molecule has 0 aromatic heterocycles. The third-order valence-electron chi connectivity index (χ3n) is 3.95. The number of benzene rings is 2. The lowest BCUT2D eigenvalue weighted by molar-refractivity contribution is 0.0947. The van der Waals surface area contributed by atoms with Gasteiger partial charge in [0.1, 0.15) is 5.75 Å². The van der Waals surface area contributed by atoms with Gasteiger partial charge in [0.05, 0.1) is 22.3 Å². The summed E-state index contributed by atoms with van der Waals surface area (Å²) in [4.78, 5) is 24.9. The molecule has 2 aromatic rings.